The molecule has 0 saturated carbocycles. The molecule has 3 unspecified atom stereocenters. The predicted molar refractivity (Wildman–Crippen MR) is 105 cm³/mol. The topological polar surface area (TPSA) is 48.9 Å². The first-order chi connectivity index (χ1) is 12.0. The van der Waals surface area contributed by atoms with Crippen LogP contribution in [0, 0.1) is 0 Å². The van der Waals surface area contributed by atoms with Crippen molar-refractivity contribution in [2.75, 3.05) is 20.1 Å². The second-order valence-electron chi connectivity index (χ2n) is 7.10. The summed E-state index contributed by atoms with van der Waals surface area (Å²) in [5.74, 6) is 0.859. The highest BCUT2D eigenvalue weighted by Gasteiger charge is 2.22. The molecule has 0 amide bonds. The Hall–Kier alpha value is -1.59. The van der Waals surface area contributed by atoms with Crippen molar-refractivity contribution in [3.8, 4) is 0 Å². The van der Waals surface area contributed by atoms with Gasteiger partial charge < -0.3 is 15.4 Å². The van der Waals surface area contributed by atoms with Crippen LogP contribution in [-0.4, -0.2) is 49.2 Å². The normalized spacial score (nSPS) is 23.3. The number of guanidine groups is 1. The standard InChI is InChI=1S/C20H34N4O/c1-6-15(2)23-20(21-5)22-11-18-9-7-8-10-19(18)14-24-12-16(3)25-17(4)13-24/h7-10,15-17H,6,11-14H2,1-5H3,(H2,21,22,23). The highest BCUT2D eigenvalue weighted by Crippen LogP contribution is 2.17. The minimum absolute atomic E-state index is 0.299. The quantitative estimate of drug-likeness (QED) is 0.614. The lowest BCUT2D eigenvalue weighted by molar-refractivity contribution is -0.0705. The van der Waals surface area contributed by atoms with E-state index in [0.717, 1.165) is 38.6 Å². The minimum Gasteiger partial charge on any atom is -0.373 e. The number of benzene rings is 1. The number of aliphatic imine (C=N–C) groups is 1. The average Bonchev–Trinajstić information content (AvgIpc) is 2.58. The van der Waals surface area contributed by atoms with Gasteiger partial charge in [0.2, 0.25) is 0 Å². The summed E-state index contributed by atoms with van der Waals surface area (Å²) < 4.78 is 5.85. The molecule has 1 aromatic carbocycles. The Morgan fingerprint density at radius 2 is 1.88 bits per heavy atom. The van der Waals surface area contributed by atoms with Crippen LogP contribution in [0.1, 0.15) is 45.2 Å². The number of morpholine rings is 1. The van der Waals surface area contributed by atoms with Crippen LogP contribution in [0.25, 0.3) is 0 Å². The Balaban J connectivity index is 1.98. The fourth-order valence-corrected chi connectivity index (χ4v) is 3.25. The molecule has 140 valence electrons. The molecule has 0 radical (unpaired) electrons. The van der Waals surface area contributed by atoms with Crippen molar-refractivity contribution >= 4 is 5.96 Å². The molecule has 1 fully saturated rings. The summed E-state index contributed by atoms with van der Waals surface area (Å²) in [5.41, 5.74) is 2.69. The van der Waals surface area contributed by atoms with Gasteiger partial charge in [0.05, 0.1) is 12.2 Å². The van der Waals surface area contributed by atoms with Gasteiger partial charge in [0, 0.05) is 39.3 Å². The largest absolute Gasteiger partial charge is 0.373 e. The van der Waals surface area contributed by atoms with Crippen molar-refractivity contribution in [3.05, 3.63) is 35.4 Å². The van der Waals surface area contributed by atoms with Crippen LogP contribution in [0.15, 0.2) is 29.3 Å². The Kier molecular flexibility index (Phi) is 7.72. The van der Waals surface area contributed by atoms with Gasteiger partial charge in [-0.3, -0.25) is 9.89 Å². The van der Waals surface area contributed by atoms with Gasteiger partial charge in [-0.25, -0.2) is 0 Å². The van der Waals surface area contributed by atoms with Crippen molar-refractivity contribution in [2.45, 2.75) is 65.5 Å². The molecule has 1 heterocycles. The van der Waals surface area contributed by atoms with Gasteiger partial charge >= 0.3 is 0 Å². The van der Waals surface area contributed by atoms with Crippen molar-refractivity contribution < 1.29 is 4.74 Å². The Morgan fingerprint density at radius 1 is 1.24 bits per heavy atom. The van der Waals surface area contributed by atoms with E-state index < -0.39 is 0 Å². The van der Waals surface area contributed by atoms with E-state index in [1.165, 1.54) is 11.1 Å². The molecular weight excluding hydrogens is 312 g/mol. The molecule has 0 bridgehead atoms. The Morgan fingerprint density at radius 3 is 2.48 bits per heavy atom. The van der Waals surface area contributed by atoms with Crippen LogP contribution >= 0.6 is 0 Å². The van der Waals surface area contributed by atoms with E-state index in [4.69, 9.17) is 4.74 Å². The second-order valence-corrected chi connectivity index (χ2v) is 7.10. The maximum Gasteiger partial charge on any atom is 0.191 e. The number of hydrogen-bond acceptors (Lipinski definition) is 3. The molecule has 0 aliphatic carbocycles. The van der Waals surface area contributed by atoms with Crippen LogP contribution < -0.4 is 10.6 Å². The minimum atomic E-state index is 0.299. The van der Waals surface area contributed by atoms with Crippen LogP contribution in [0.3, 0.4) is 0 Å². The Labute approximate surface area is 152 Å². The summed E-state index contributed by atoms with van der Waals surface area (Å²) >= 11 is 0. The van der Waals surface area contributed by atoms with E-state index in [2.05, 4.69) is 72.5 Å². The monoisotopic (exact) mass is 346 g/mol. The van der Waals surface area contributed by atoms with Gasteiger partial charge in [0.1, 0.15) is 0 Å². The zero-order valence-corrected chi connectivity index (χ0v) is 16.4. The van der Waals surface area contributed by atoms with Gasteiger partial charge in [-0.15, -0.1) is 0 Å². The molecular formula is C20H34N4O. The summed E-state index contributed by atoms with van der Waals surface area (Å²) in [6, 6.07) is 9.07. The van der Waals surface area contributed by atoms with Gasteiger partial charge in [-0.1, -0.05) is 31.2 Å². The fraction of sp³-hybridized carbons (Fsp3) is 0.650. The van der Waals surface area contributed by atoms with Gasteiger partial charge in [-0.05, 0) is 38.3 Å². The molecule has 1 aliphatic heterocycles. The van der Waals surface area contributed by atoms with E-state index in [1.807, 2.05) is 7.05 Å². The van der Waals surface area contributed by atoms with Crippen LogP contribution in [0.2, 0.25) is 0 Å². The molecule has 3 atom stereocenters. The highest BCUT2D eigenvalue weighted by molar-refractivity contribution is 5.79. The average molecular weight is 347 g/mol. The maximum absolute atomic E-state index is 5.85. The van der Waals surface area contributed by atoms with Crippen LogP contribution in [0.5, 0.6) is 0 Å². The zero-order valence-electron chi connectivity index (χ0n) is 16.4. The first-order valence-corrected chi connectivity index (χ1v) is 9.43. The summed E-state index contributed by atoms with van der Waals surface area (Å²) in [6.07, 6.45) is 1.67. The van der Waals surface area contributed by atoms with E-state index in [1.54, 1.807) is 0 Å². The van der Waals surface area contributed by atoms with Crippen molar-refractivity contribution in [1.29, 1.82) is 0 Å². The highest BCUT2D eigenvalue weighted by atomic mass is 16.5. The number of ether oxygens (including phenoxy) is 1. The summed E-state index contributed by atoms with van der Waals surface area (Å²) in [6.45, 7) is 12.4. The summed E-state index contributed by atoms with van der Waals surface area (Å²) in [7, 11) is 1.82. The fourth-order valence-electron chi connectivity index (χ4n) is 3.25. The lowest BCUT2D eigenvalue weighted by Crippen LogP contribution is -2.45. The molecule has 1 aliphatic rings. The van der Waals surface area contributed by atoms with E-state index in [0.29, 0.717) is 18.2 Å². The number of nitrogens with zero attached hydrogens (tertiary/aromatic N) is 2. The molecule has 25 heavy (non-hydrogen) atoms. The summed E-state index contributed by atoms with van der Waals surface area (Å²) in [5, 5.41) is 6.85. The third kappa shape index (κ3) is 6.33. The van der Waals surface area contributed by atoms with Gasteiger partial charge in [0.25, 0.3) is 0 Å². The zero-order chi connectivity index (χ0) is 18.2. The van der Waals surface area contributed by atoms with E-state index in [-0.39, 0.29) is 0 Å². The molecule has 2 N–H and O–H groups in total. The van der Waals surface area contributed by atoms with E-state index in [9.17, 15) is 0 Å². The number of hydrogen-bond donors (Lipinski definition) is 2. The molecule has 1 aromatic rings. The number of rotatable bonds is 6. The maximum atomic E-state index is 5.85. The van der Waals surface area contributed by atoms with Crippen molar-refractivity contribution in [1.82, 2.24) is 15.5 Å². The van der Waals surface area contributed by atoms with Gasteiger partial charge in [0.15, 0.2) is 5.96 Å². The van der Waals surface area contributed by atoms with Crippen LogP contribution in [0.4, 0.5) is 0 Å². The summed E-state index contributed by atoms with van der Waals surface area (Å²) in [4.78, 5) is 6.81. The van der Waals surface area contributed by atoms with Crippen molar-refractivity contribution in [3.63, 3.8) is 0 Å². The predicted octanol–water partition coefficient (Wildman–Crippen LogP) is 2.76. The third-order valence-electron chi connectivity index (χ3n) is 4.67. The molecule has 5 nitrogen and oxygen atoms in total. The third-order valence-corrected chi connectivity index (χ3v) is 4.67. The SMILES string of the molecule is CCC(C)NC(=NC)NCc1ccccc1CN1CC(C)OC(C)C1. The lowest BCUT2D eigenvalue weighted by atomic mass is 10.1. The first-order valence-electron chi connectivity index (χ1n) is 9.43. The van der Waals surface area contributed by atoms with Crippen LogP contribution in [-0.2, 0) is 17.8 Å². The van der Waals surface area contributed by atoms with E-state index >= 15 is 0 Å². The molecule has 0 aromatic heterocycles. The van der Waals surface area contributed by atoms with Crippen molar-refractivity contribution in [2.24, 2.45) is 4.99 Å². The molecule has 5 heteroatoms. The number of nitrogens with one attached hydrogen (secondary N) is 2. The molecule has 1 saturated heterocycles. The molecule has 2 rings (SSSR count). The Bertz CT molecular complexity index is 550. The lowest BCUT2D eigenvalue weighted by Gasteiger charge is -2.35. The van der Waals surface area contributed by atoms with Gasteiger partial charge in [-0.2, -0.15) is 0 Å². The second kappa shape index (κ2) is 9.78. The smallest absolute Gasteiger partial charge is 0.191 e. The first kappa shape index (κ1) is 19.7. The molecule has 0 spiro atoms.